The third-order valence-corrected chi connectivity index (χ3v) is 6.95. The van der Waals surface area contributed by atoms with E-state index in [4.69, 9.17) is 4.98 Å². The average molecular weight is 512 g/mol. The Morgan fingerprint density at radius 2 is 2.05 bits per heavy atom. The van der Waals surface area contributed by atoms with Crippen molar-refractivity contribution in [2.75, 3.05) is 22.1 Å². The molecule has 0 bridgehead atoms. The van der Waals surface area contributed by atoms with E-state index in [1.807, 2.05) is 23.1 Å². The molecule has 0 radical (unpaired) electrons. The van der Waals surface area contributed by atoms with Gasteiger partial charge in [0.15, 0.2) is 11.6 Å². The first-order valence-corrected chi connectivity index (χ1v) is 12.0. The van der Waals surface area contributed by atoms with Gasteiger partial charge in [0.2, 0.25) is 5.95 Å². The summed E-state index contributed by atoms with van der Waals surface area (Å²) in [4.78, 5) is 23.7. The molecule has 0 unspecified atom stereocenters. The summed E-state index contributed by atoms with van der Waals surface area (Å²) in [5.41, 5.74) is -0.0785. The minimum absolute atomic E-state index is 0.0419. The van der Waals surface area contributed by atoms with Crippen molar-refractivity contribution in [1.82, 2.24) is 29.8 Å². The normalized spacial score (nSPS) is 19.9. The van der Waals surface area contributed by atoms with Crippen LogP contribution < -0.4 is 15.5 Å². The molecule has 1 aliphatic heterocycles. The maximum absolute atomic E-state index is 13.4. The Balaban J connectivity index is 1.27. The Morgan fingerprint density at radius 1 is 1.22 bits per heavy atom. The van der Waals surface area contributed by atoms with Gasteiger partial charge in [0.25, 0.3) is 5.91 Å². The molecular formula is C24H24F3N9O. The first-order chi connectivity index (χ1) is 17.7. The molecule has 37 heavy (non-hydrogen) atoms. The van der Waals surface area contributed by atoms with Crippen molar-refractivity contribution in [2.45, 2.75) is 50.2 Å². The number of nitrogens with one attached hydrogen (secondary N) is 3. The number of carbonyl (C=O) groups excluding carboxylic acids is 1. The first kappa shape index (κ1) is 23.3. The predicted molar refractivity (Wildman–Crippen MR) is 130 cm³/mol. The van der Waals surface area contributed by atoms with E-state index in [9.17, 15) is 18.0 Å². The lowest BCUT2D eigenvalue weighted by Crippen LogP contribution is -2.52. The SMILES string of the molecule is C[C@@]1(C(=O)Nc2ccc(C(F)(F)F)cn2)CCCN1c1nc(Nc2cc(C3CC3)[nH]n2)c2cccn2n1. The predicted octanol–water partition coefficient (Wildman–Crippen LogP) is 4.48. The van der Waals surface area contributed by atoms with Crippen molar-refractivity contribution < 1.29 is 18.0 Å². The van der Waals surface area contributed by atoms with Crippen molar-refractivity contribution in [1.29, 1.82) is 0 Å². The van der Waals surface area contributed by atoms with E-state index in [1.54, 1.807) is 17.6 Å². The molecule has 4 aromatic heterocycles. The molecule has 1 amide bonds. The van der Waals surface area contributed by atoms with Gasteiger partial charge in [-0.1, -0.05) is 0 Å². The summed E-state index contributed by atoms with van der Waals surface area (Å²) < 4.78 is 40.3. The fourth-order valence-corrected chi connectivity index (χ4v) is 4.66. The van der Waals surface area contributed by atoms with Gasteiger partial charge in [0.1, 0.15) is 16.9 Å². The number of aromatic nitrogens is 6. The lowest BCUT2D eigenvalue weighted by atomic mass is 9.98. The molecule has 3 N–H and O–H groups in total. The Hall–Kier alpha value is -4.16. The number of nitrogens with zero attached hydrogens (tertiary/aromatic N) is 6. The maximum atomic E-state index is 13.4. The van der Waals surface area contributed by atoms with Gasteiger partial charge < -0.3 is 15.5 Å². The molecule has 0 spiro atoms. The van der Waals surface area contributed by atoms with Crippen LogP contribution >= 0.6 is 0 Å². The van der Waals surface area contributed by atoms with Crippen molar-refractivity contribution in [3.05, 3.63) is 54.0 Å². The van der Waals surface area contributed by atoms with Crippen molar-refractivity contribution in [3.63, 3.8) is 0 Å². The number of fused-ring (bicyclic) bond motifs is 1. The van der Waals surface area contributed by atoms with Crippen LogP contribution in [0.5, 0.6) is 0 Å². The molecule has 1 aliphatic carbocycles. The van der Waals surface area contributed by atoms with Crippen molar-refractivity contribution in [2.24, 2.45) is 0 Å². The number of hydrogen-bond donors (Lipinski definition) is 3. The zero-order valence-electron chi connectivity index (χ0n) is 19.9. The Kier molecular flexibility index (Phi) is 5.31. The van der Waals surface area contributed by atoms with Gasteiger partial charge in [-0.05, 0) is 56.9 Å². The van der Waals surface area contributed by atoms with E-state index in [0.29, 0.717) is 49.1 Å². The number of pyridine rings is 1. The lowest BCUT2D eigenvalue weighted by Gasteiger charge is -2.33. The molecule has 0 aromatic carbocycles. The van der Waals surface area contributed by atoms with Gasteiger partial charge in [-0.2, -0.15) is 23.3 Å². The number of halogens is 3. The summed E-state index contributed by atoms with van der Waals surface area (Å²) in [6, 6.07) is 7.75. The summed E-state index contributed by atoms with van der Waals surface area (Å²) in [6.07, 6.45) is 1.53. The van der Waals surface area contributed by atoms with Crippen LogP contribution in [0, 0.1) is 0 Å². The first-order valence-electron chi connectivity index (χ1n) is 12.0. The smallest absolute Gasteiger partial charge is 0.325 e. The summed E-state index contributed by atoms with van der Waals surface area (Å²) in [5.74, 6) is 1.71. The number of hydrogen-bond acceptors (Lipinski definition) is 7. The number of carbonyl (C=O) groups is 1. The Labute approximate surface area is 209 Å². The van der Waals surface area contributed by atoms with E-state index in [0.717, 1.165) is 36.2 Å². The van der Waals surface area contributed by atoms with Gasteiger partial charge in [-0.15, -0.1) is 5.10 Å². The van der Waals surface area contributed by atoms with Gasteiger partial charge in [-0.25, -0.2) is 9.50 Å². The molecule has 1 atom stereocenters. The molecule has 10 nitrogen and oxygen atoms in total. The second kappa shape index (κ2) is 8.46. The largest absolute Gasteiger partial charge is 0.417 e. The molecule has 13 heteroatoms. The minimum atomic E-state index is -4.50. The zero-order valence-corrected chi connectivity index (χ0v) is 19.9. The lowest BCUT2D eigenvalue weighted by molar-refractivity contribution is -0.137. The van der Waals surface area contributed by atoms with Crippen molar-refractivity contribution in [3.8, 4) is 0 Å². The molecular weight excluding hydrogens is 487 g/mol. The summed E-state index contributed by atoms with van der Waals surface area (Å²) in [6.45, 7) is 2.30. The number of H-pyrrole nitrogens is 1. The van der Waals surface area contributed by atoms with Gasteiger partial charge in [-0.3, -0.25) is 9.89 Å². The van der Waals surface area contributed by atoms with E-state index < -0.39 is 23.2 Å². The third kappa shape index (κ3) is 4.34. The summed E-state index contributed by atoms with van der Waals surface area (Å²) >= 11 is 0. The molecule has 2 aliphatic rings. The van der Waals surface area contributed by atoms with Crippen LogP contribution in [0.2, 0.25) is 0 Å². The van der Waals surface area contributed by atoms with Gasteiger partial charge in [0.05, 0.1) is 5.56 Å². The van der Waals surface area contributed by atoms with Crippen LogP contribution in [0.1, 0.15) is 49.8 Å². The molecule has 4 aromatic rings. The topological polar surface area (TPSA) is 116 Å². The summed E-state index contributed by atoms with van der Waals surface area (Å²) in [5, 5.41) is 18.0. The standard InChI is InChI=1S/C24H24F3N9O/c1-23(21(37)30-18-8-7-15(13-28-18)24(25,26)27)9-3-10-35(23)22-31-20(17-4-2-11-36(17)34-22)29-19-12-16(32-33-19)14-5-6-14/h2,4,7-8,11-14H,3,5-6,9-10H2,1H3,(H,28,30,37)(H2,29,31,32,33,34)/t23-/m0/s1. The van der Waals surface area contributed by atoms with Gasteiger partial charge in [0, 0.05) is 36.6 Å². The van der Waals surface area contributed by atoms with E-state index in [2.05, 4.69) is 30.9 Å². The van der Waals surface area contributed by atoms with E-state index in [-0.39, 0.29) is 5.82 Å². The second-order valence-electron chi connectivity index (χ2n) is 9.62. The number of rotatable bonds is 6. The second-order valence-corrected chi connectivity index (χ2v) is 9.62. The molecule has 1 saturated carbocycles. The zero-order chi connectivity index (χ0) is 25.8. The van der Waals surface area contributed by atoms with Crippen LogP contribution in [-0.2, 0) is 11.0 Å². The van der Waals surface area contributed by atoms with Crippen LogP contribution in [0.15, 0.2) is 42.7 Å². The monoisotopic (exact) mass is 511 g/mol. The molecule has 1 saturated heterocycles. The highest BCUT2D eigenvalue weighted by molar-refractivity contribution is 5.99. The maximum Gasteiger partial charge on any atom is 0.417 e. The van der Waals surface area contributed by atoms with E-state index in [1.165, 1.54) is 0 Å². The van der Waals surface area contributed by atoms with Crippen LogP contribution in [0.3, 0.4) is 0 Å². The quantitative estimate of drug-likeness (QED) is 0.349. The number of amides is 1. The van der Waals surface area contributed by atoms with Crippen LogP contribution in [0.4, 0.5) is 36.6 Å². The molecule has 2 fully saturated rings. The number of aromatic amines is 1. The fraction of sp³-hybridized carbons (Fsp3) is 0.375. The minimum Gasteiger partial charge on any atom is -0.325 e. The van der Waals surface area contributed by atoms with Crippen LogP contribution in [0.25, 0.3) is 5.52 Å². The third-order valence-electron chi connectivity index (χ3n) is 6.95. The van der Waals surface area contributed by atoms with Gasteiger partial charge >= 0.3 is 6.18 Å². The van der Waals surface area contributed by atoms with Crippen molar-refractivity contribution >= 4 is 34.8 Å². The highest BCUT2D eigenvalue weighted by Gasteiger charge is 2.45. The average Bonchev–Trinajstić information content (AvgIpc) is 3.23. The highest BCUT2D eigenvalue weighted by atomic mass is 19.4. The Morgan fingerprint density at radius 3 is 2.78 bits per heavy atom. The molecule has 192 valence electrons. The summed E-state index contributed by atoms with van der Waals surface area (Å²) in [7, 11) is 0. The Bertz CT molecular complexity index is 1460. The molecule has 5 heterocycles. The number of alkyl halides is 3. The number of anilines is 4. The van der Waals surface area contributed by atoms with Crippen LogP contribution in [-0.4, -0.2) is 47.8 Å². The van der Waals surface area contributed by atoms with E-state index >= 15 is 0 Å². The molecule has 6 rings (SSSR count). The highest BCUT2D eigenvalue weighted by Crippen LogP contribution is 2.40. The fourth-order valence-electron chi connectivity index (χ4n) is 4.66.